The standard InChI is InChI=1S/C24H24N2O2.H2O/c1-15-5-11-21(17(3)13-15)25-23(27)19-7-9-20(10-8-19)24(28)26-22-12-6-16(2)14-18(22)4;/h5-14H,1-4H3,(H,25,27)(H,26,28);1H2. The molecule has 0 saturated heterocycles. The topological polar surface area (TPSA) is 89.7 Å². The van der Waals surface area contributed by atoms with E-state index in [1.807, 2.05) is 64.1 Å². The summed E-state index contributed by atoms with van der Waals surface area (Å²) in [5, 5.41) is 5.83. The lowest BCUT2D eigenvalue weighted by molar-refractivity contribution is 0.101. The van der Waals surface area contributed by atoms with E-state index in [4.69, 9.17) is 0 Å². The average Bonchev–Trinajstić information content (AvgIpc) is 2.66. The first-order valence-corrected chi connectivity index (χ1v) is 9.21. The molecule has 150 valence electrons. The first-order chi connectivity index (χ1) is 13.3. The second kappa shape index (κ2) is 9.17. The summed E-state index contributed by atoms with van der Waals surface area (Å²) in [6.45, 7) is 7.95. The molecule has 4 N–H and O–H groups in total. The molecule has 0 spiro atoms. The van der Waals surface area contributed by atoms with Gasteiger partial charge in [-0.1, -0.05) is 35.4 Å². The zero-order valence-electron chi connectivity index (χ0n) is 17.1. The molecular formula is C24H26N2O3. The number of hydrogen-bond acceptors (Lipinski definition) is 2. The summed E-state index contributed by atoms with van der Waals surface area (Å²) in [7, 11) is 0. The normalized spacial score (nSPS) is 10.1. The number of carbonyl (C=O) groups excluding carboxylic acids is 2. The highest BCUT2D eigenvalue weighted by Gasteiger charge is 2.11. The van der Waals surface area contributed by atoms with Crippen LogP contribution in [0.25, 0.3) is 0 Å². The number of anilines is 2. The highest BCUT2D eigenvalue weighted by Crippen LogP contribution is 2.19. The summed E-state index contributed by atoms with van der Waals surface area (Å²) in [5.74, 6) is -0.401. The molecule has 0 saturated carbocycles. The van der Waals surface area contributed by atoms with Gasteiger partial charge in [0, 0.05) is 22.5 Å². The fourth-order valence-electron chi connectivity index (χ4n) is 3.07. The lowest BCUT2D eigenvalue weighted by Crippen LogP contribution is -2.15. The molecule has 0 fully saturated rings. The number of aryl methyl sites for hydroxylation is 4. The predicted molar refractivity (Wildman–Crippen MR) is 118 cm³/mol. The van der Waals surface area contributed by atoms with Crippen LogP contribution in [-0.2, 0) is 0 Å². The quantitative estimate of drug-likeness (QED) is 0.682. The molecule has 0 bridgehead atoms. The van der Waals surface area contributed by atoms with Crippen molar-refractivity contribution >= 4 is 23.2 Å². The molecule has 0 unspecified atom stereocenters. The third-order valence-electron chi connectivity index (χ3n) is 4.67. The Bertz CT molecular complexity index is 956. The van der Waals surface area contributed by atoms with Gasteiger partial charge in [-0.15, -0.1) is 0 Å². The Morgan fingerprint density at radius 3 is 1.24 bits per heavy atom. The number of amides is 2. The zero-order chi connectivity index (χ0) is 20.3. The maximum atomic E-state index is 12.5. The minimum Gasteiger partial charge on any atom is -0.412 e. The maximum Gasteiger partial charge on any atom is 0.255 e. The molecule has 5 heteroatoms. The van der Waals surface area contributed by atoms with E-state index in [0.717, 1.165) is 33.6 Å². The molecule has 29 heavy (non-hydrogen) atoms. The van der Waals surface area contributed by atoms with Gasteiger partial charge in [-0.3, -0.25) is 9.59 Å². The first-order valence-electron chi connectivity index (χ1n) is 9.21. The SMILES string of the molecule is Cc1ccc(NC(=O)c2ccc(C(=O)Nc3ccc(C)cc3C)cc2)c(C)c1.O. The highest BCUT2D eigenvalue weighted by molar-refractivity contribution is 6.07. The van der Waals surface area contributed by atoms with Gasteiger partial charge >= 0.3 is 0 Å². The smallest absolute Gasteiger partial charge is 0.255 e. The van der Waals surface area contributed by atoms with Crippen LogP contribution in [0, 0.1) is 27.7 Å². The molecule has 0 aliphatic carbocycles. The summed E-state index contributed by atoms with van der Waals surface area (Å²) < 4.78 is 0. The summed E-state index contributed by atoms with van der Waals surface area (Å²) in [6, 6.07) is 18.4. The monoisotopic (exact) mass is 390 g/mol. The summed E-state index contributed by atoms with van der Waals surface area (Å²) in [4.78, 5) is 25.0. The van der Waals surface area contributed by atoms with Gasteiger partial charge in [-0.05, 0) is 75.2 Å². The molecule has 0 heterocycles. The molecule has 0 aliphatic rings. The molecule has 3 aromatic carbocycles. The Morgan fingerprint density at radius 1 is 0.586 bits per heavy atom. The van der Waals surface area contributed by atoms with Gasteiger partial charge in [0.2, 0.25) is 0 Å². The van der Waals surface area contributed by atoms with Gasteiger partial charge in [0.1, 0.15) is 0 Å². The summed E-state index contributed by atoms with van der Waals surface area (Å²) in [5.41, 5.74) is 6.89. The van der Waals surface area contributed by atoms with Crippen molar-refractivity contribution in [2.45, 2.75) is 27.7 Å². The van der Waals surface area contributed by atoms with Gasteiger partial charge in [-0.2, -0.15) is 0 Å². The van der Waals surface area contributed by atoms with E-state index in [0.29, 0.717) is 11.1 Å². The van der Waals surface area contributed by atoms with E-state index in [2.05, 4.69) is 10.6 Å². The van der Waals surface area contributed by atoms with Crippen LogP contribution in [0.1, 0.15) is 43.0 Å². The van der Waals surface area contributed by atoms with Gasteiger partial charge in [0.25, 0.3) is 11.8 Å². The molecule has 5 nitrogen and oxygen atoms in total. The van der Waals surface area contributed by atoms with Gasteiger partial charge in [0.05, 0.1) is 0 Å². The fraction of sp³-hybridized carbons (Fsp3) is 0.167. The summed E-state index contributed by atoms with van der Waals surface area (Å²) in [6.07, 6.45) is 0. The van der Waals surface area contributed by atoms with Gasteiger partial charge in [-0.25, -0.2) is 0 Å². The van der Waals surface area contributed by atoms with E-state index in [1.165, 1.54) is 0 Å². The van der Waals surface area contributed by atoms with Gasteiger partial charge < -0.3 is 16.1 Å². The Labute approximate surface area is 171 Å². The minimum absolute atomic E-state index is 0. The van der Waals surface area contributed by atoms with Crippen LogP contribution in [0.3, 0.4) is 0 Å². The first kappa shape index (κ1) is 21.9. The third-order valence-corrected chi connectivity index (χ3v) is 4.67. The van der Waals surface area contributed by atoms with Crippen LogP contribution in [-0.4, -0.2) is 17.3 Å². The van der Waals surface area contributed by atoms with Crippen LogP contribution in [0.2, 0.25) is 0 Å². The minimum atomic E-state index is -0.201. The van der Waals surface area contributed by atoms with Crippen LogP contribution in [0.5, 0.6) is 0 Å². The number of benzene rings is 3. The molecule has 0 aliphatic heterocycles. The number of rotatable bonds is 4. The second-order valence-electron chi connectivity index (χ2n) is 7.12. The predicted octanol–water partition coefficient (Wildman–Crippen LogP) is 4.60. The fourth-order valence-corrected chi connectivity index (χ4v) is 3.07. The molecule has 2 amide bonds. The molecule has 3 aromatic rings. The van der Waals surface area contributed by atoms with E-state index in [-0.39, 0.29) is 17.3 Å². The van der Waals surface area contributed by atoms with Crippen LogP contribution >= 0.6 is 0 Å². The van der Waals surface area contributed by atoms with Gasteiger partial charge in [0.15, 0.2) is 0 Å². The maximum absolute atomic E-state index is 12.5. The number of hydrogen-bond donors (Lipinski definition) is 2. The molecule has 0 radical (unpaired) electrons. The van der Waals surface area contributed by atoms with Crippen LogP contribution in [0.15, 0.2) is 60.7 Å². The highest BCUT2D eigenvalue weighted by atomic mass is 16.2. The van der Waals surface area contributed by atoms with E-state index >= 15 is 0 Å². The Kier molecular flexibility index (Phi) is 6.91. The van der Waals surface area contributed by atoms with Crippen LogP contribution < -0.4 is 10.6 Å². The van der Waals surface area contributed by atoms with Crippen molar-refractivity contribution < 1.29 is 15.1 Å². The van der Waals surface area contributed by atoms with Crippen LogP contribution in [0.4, 0.5) is 11.4 Å². The molecule has 3 rings (SSSR count). The lowest BCUT2D eigenvalue weighted by Gasteiger charge is -2.11. The molecule has 0 aromatic heterocycles. The largest absolute Gasteiger partial charge is 0.412 e. The van der Waals surface area contributed by atoms with Crippen molar-refractivity contribution in [2.24, 2.45) is 0 Å². The Hall–Kier alpha value is -3.44. The second-order valence-corrected chi connectivity index (χ2v) is 7.12. The summed E-state index contributed by atoms with van der Waals surface area (Å²) >= 11 is 0. The Morgan fingerprint density at radius 2 is 0.931 bits per heavy atom. The third kappa shape index (κ3) is 5.30. The van der Waals surface area contributed by atoms with E-state index in [1.54, 1.807) is 24.3 Å². The van der Waals surface area contributed by atoms with E-state index in [9.17, 15) is 9.59 Å². The van der Waals surface area contributed by atoms with Crippen molar-refractivity contribution in [3.63, 3.8) is 0 Å². The van der Waals surface area contributed by atoms with Crippen molar-refractivity contribution in [3.8, 4) is 0 Å². The molecule has 0 atom stereocenters. The van der Waals surface area contributed by atoms with E-state index < -0.39 is 0 Å². The van der Waals surface area contributed by atoms with Crippen molar-refractivity contribution in [1.82, 2.24) is 0 Å². The van der Waals surface area contributed by atoms with Crippen molar-refractivity contribution in [2.75, 3.05) is 10.6 Å². The van der Waals surface area contributed by atoms with Crippen molar-refractivity contribution in [3.05, 3.63) is 94.0 Å². The number of carbonyl (C=O) groups is 2. The molecular weight excluding hydrogens is 364 g/mol. The lowest BCUT2D eigenvalue weighted by atomic mass is 10.1. The van der Waals surface area contributed by atoms with Crippen molar-refractivity contribution in [1.29, 1.82) is 0 Å². The zero-order valence-corrected chi connectivity index (χ0v) is 17.1. The Balaban J connectivity index is 0.00000300. The number of nitrogens with one attached hydrogen (secondary N) is 2. The average molecular weight is 390 g/mol.